The van der Waals surface area contributed by atoms with E-state index in [9.17, 15) is 4.79 Å². The van der Waals surface area contributed by atoms with Gasteiger partial charge in [0.1, 0.15) is 6.04 Å². The van der Waals surface area contributed by atoms with Gasteiger partial charge in [0, 0.05) is 12.7 Å². The molecule has 1 amide bonds. The molecule has 3 N–H and O–H groups in total. The summed E-state index contributed by atoms with van der Waals surface area (Å²) >= 11 is 0. The smallest absolute Gasteiger partial charge is 0.246 e. The maximum Gasteiger partial charge on any atom is 0.246 e. The molecular weight excluding hydrogens is 228 g/mol. The topological polar surface area (TPSA) is 66.6 Å². The lowest BCUT2D eigenvalue weighted by molar-refractivity contribution is -0.120. The predicted octanol–water partition coefficient (Wildman–Crippen LogP) is 1.27. The lowest BCUT2D eigenvalue weighted by Crippen LogP contribution is -2.44. The summed E-state index contributed by atoms with van der Waals surface area (Å²) in [5.74, 6) is -0.291. The molecule has 1 aromatic rings. The molecule has 0 heterocycles. The number of nitrogens with zero attached hydrogens (tertiary/aromatic N) is 1. The van der Waals surface area contributed by atoms with Gasteiger partial charge < -0.3 is 15.7 Å². The number of anilines is 1. The summed E-state index contributed by atoms with van der Waals surface area (Å²) in [6.45, 7) is 6.07. The highest BCUT2D eigenvalue weighted by Crippen LogP contribution is 2.24. The van der Waals surface area contributed by atoms with Crippen LogP contribution < -0.4 is 10.6 Å². The molecule has 18 heavy (non-hydrogen) atoms. The minimum absolute atomic E-state index is 0.0859. The average molecular weight is 250 g/mol. The van der Waals surface area contributed by atoms with Crippen LogP contribution in [0.3, 0.4) is 0 Å². The van der Waals surface area contributed by atoms with Crippen molar-refractivity contribution in [3.05, 3.63) is 29.8 Å². The van der Waals surface area contributed by atoms with Gasteiger partial charge in [0.25, 0.3) is 0 Å². The molecule has 0 saturated carbocycles. The Balaban J connectivity index is 2.89. The van der Waals surface area contributed by atoms with Crippen LogP contribution in [0.25, 0.3) is 0 Å². The lowest BCUT2D eigenvalue weighted by Gasteiger charge is -2.23. The molecule has 100 valence electrons. The first-order chi connectivity index (χ1) is 8.27. The van der Waals surface area contributed by atoms with Gasteiger partial charge in [0.2, 0.25) is 5.91 Å². The van der Waals surface area contributed by atoms with Crippen molar-refractivity contribution in [2.24, 2.45) is 5.73 Å². The quantitative estimate of drug-likeness (QED) is 0.849. The maximum atomic E-state index is 11.8. The number of benzene rings is 1. The van der Waals surface area contributed by atoms with E-state index in [2.05, 4.69) is 20.8 Å². The Labute approximate surface area is 108 Å². The summed E-state index contributed by atoms with van der Waals surface area (Å²) in [5.41, 5.74) is 7.58. The number of hydrogen-bond acceptors (Lipinski definition) is 3. The van der Waals surface area contributed by atoms with E-state index in [1.165, 1.54) is 10.5 Å². The molecule has 1 atom stereocenters. The highest BCUT2D eigenvalue weighted by molar-refractivity contribution is 5.96. The first kappa shape index (κ1) is 14.7. The molecule has 4 heteroatoms. The van der Waals surface area contributed by atoms with Crippen LogP contribution in [0.1, 0.15) is 26.3 Å². The Bertz CT molecular complexity index is 407. The summed E-state index contributed by atoms with van der Waals surface area (Å²) in [4.78, 5) is 13.3. The second kappa shape index (κ2) is 5.50. The third-order valence-corrected chi connectivity index (χ3v) is 2.97. The molecule has 0 radical (unpaired) electrons. The normalized spacial score (nSPS) is 13.2. The van der Waals surface area contributed by atoms with Crippen molar-refractivity contribution < 1.29 is 9.90 Å². The van der Waals surface area contributed by atoms with Crippen LogP contribution in [0.15, 0.2) is 24.3 Å². The summed E-state index contributed by atoms with van der Waals surface area (Å²) in [6, 6.07) is 6.93. The third-order valence-electron chi connectivity index (χ3n) is 2.97. The molecule has 0 spiro atoms. The van der Waals surface area contributed by atoms with Gasteiger partial charge in [-0.05, 0) is 23.1 Å². The summed E-state index contributed by atoms with van der Waals surface area (Å²) < 4.78 is 0. The second-order valence-electron chi connectivity index (χ2n) is 5.48. The van der Waals surface area contributed by atoms with Crippen LogP contribution in [-0.2, 0) is 10.2 Å². The second-order valence-corrected chi connectivity index (χ2v) is 5.48. The zero-order valence-electron chi connectivity index (χ0n) is 11.5. The lowest BCUT2D eigenvalue weighted by atomic mass is 9.87. The van der Waals surface area contributed by atoms with Crippen LogP contribution in [0.2, 0.25) is 0 Å². The maximum absolute atomic E-state index is 11.8. The van der Waals surface area contributed by atoms with E-state index in [-0.39, 0.29) is 17.9 Å². The molecule has 0 fully saturated rings. The molecule has 1 unspecified atom stereocenters. The van der Waals surface area contributed by atoms with Crippen LogP contribution in [-0.4, -0.2) is 30.7 Å². The van der Waals surface area contributed by atoms with Crippen LogP contribution in [0, 0.1) is 0 Å². The first-order valence-corrected chi connectivity index (χ1v) is 6.02. The van der Waals surface area contributed by atoms with Crippen molar-refractivity contribution in [1.82, 2.24) is 0 Å². The van der Waals surface area contributed by atoms with Crippen molar-refractivity contribution in [2.75, 3.05) is 18.6 Å². The van der Waals surface area contributed by atoms with Gasteiger partial charge in [-0.3, -0.25) is 4.79 Å². The largest absolute Gasteiger partial charge is 0.394 e. The predicted molar refractivity (Wildman–Crippen MR) is 73.6 cm³/mol. The van der Waals surface area contributed by atoms with Gasteiger partial charge in [-0.2, -0.15) is 0 Å². The fraction of sp³-hybridized carbons (Fsp3) is 0.500. The molecule has 0 bridgehead atoms. The molecule has 0 saturated heterocycles. The molecule has 0 aliphatic heterocycles. The van der Waals surface area contributed by atoms with Gasteiger partial charge in [-0.1, -0.05) is 32.9 Å². The number of aliphatic hydroxyl groups excluding tert-OH is 1. The third kappa shape index (κ3) is 3.31. The van der Waals surface area contributed by atoms with Crippen molar-refractivity contribution >= 4 is 11.6 Å². The molecule has 0 aliphatic carbocycles. The number of likely N-dealkylation sites (N-methyl/N-ethyl adjacent to an activating group) is 1. The SMILES string of the molecule is CN(C(=O)C(N)CO)c1ccc(C(C)(C)C)cc1. The van der Waals surface area contributed by atoms with Gasteiger partial charge >= 0.3 is 0 Å². The first-order valence-electron chi connectivity index (χ1n) is 6.02. The van der Waals surface area contributed by atoms with Gasteiger partial charge in [0.15, 0.2) is 0 Å². The van der Waals surface area contributed by atoms with Gasteiger partial charge in [0.05, 0.1) is 6.61 Å². The molecule has 4 nitrogen and oxygen atoms in total. The Morgan fingerprint density at radius 1 is 1.33 bits per heavy atom. The monoisotopic (exact) mass is 250 g/mol. The summed E-state index contributed by atoms with van der Waals surface area (Å²) in [6.07, 6.45) is 0. The number of amides is 1. The Morgan fingerprint density at radius 3 is 2.22 bits per heavy atom. The average Bonchev–Trinajstić information content (AvgIpc) is 2.35. The molecular formula is C14H22N2O2. The fourth-order valence-corrected chi connectivity index (χ4v) is 1.64. The van der Waals surface area contributed by atoms with E-state index in [1.54, 1.807) is 7.05 Å². The van der Waals surface area contributed by atoms with Crippen molar-refractivity contribution in [2.45, 2.75) is 32.2 Å². The van der Waals surface area contributed by atoms with Crippen LogP contribution in [0.4, 0.5) is 5.69 Å². The minimum Gasteiger partial charge on any atom is -0.394 e. The van der Waals surface area contributed by atoms with Crippen molar-refractivity contribution in [1.29, 1.82) is 0 Å². The Morgan fingerprint density at radius 2 is 1.83 bits per heavy atom. The fourth-order valence-electron chi connectivity index (χ4n) is 1.64. The molecule has 1 aromatic carbocycles. The number of rotatable bonds is 3. The number of nitrogens with two attached hydrogens (primary N) is 1. The highest BCUT2D eigenvalue weighted by atomic mass is 16.3. The van der Waals surface area contributed by atoms with E-state index >= 15 is 0 Å². The summed E-state index contributed by atoms with van der Waals surface area (Å²) in [7, 11) is 1.66. The Hall–Kier alpha value is -1.39. The highest BCUT2D eigenvalue weighted by Gasteiger charge is 2.19. The van der Waals surface area contributed by atoms with E-state index < -0.39 is 6.04 Å². The van der Waals surface area contributed by atoms with Crippen molar-refractivity contribution in [3.63, 3.8) is 0 Å². The summed E-state index contributed by atoms with van der Waals surface area (Å²) in [5, 5.41) is 8.88. The Kier molecular flexibility index (Phi) is 4.48. The van der Waals surface area contributed by atoms with E-state index in [1.807, 2.05) is 24.3 Å². The molecule has 0 aliphatic rings. The van der Waals surface area contributed by atoms with Crippen LogP contribution >= 0.6 is 0 Å². The van der Waals surface area contributed by atoms with Crippen LogP contribution in [0.5, 0.6) is 0 Å². The van der Waals surface area contributed by atoms with Gasteiger partial charge in [-0.25, -0.2) is 0 Å². The van der Waals surface area contributed by atoms with E-state index in [4.69, 9.17) is 10.8 Å². The molecule has 0 aromatic heterocycles. The number of carbonyl (C=O) groups is 1. The van der Waals surface area contributed by atoms with Gasteiger partial charge in [-0.15, -0.1) is 0 Å². The number of carbonyl (C=O) groups excluding carboxylic acids is 1. The zero-order chi connectivity index (χ0) is 13.9. The standard InChI is InChI=1S/C14H22N2O2/c1-14(2,3)10-5-7-11(8-6-10)16(4)13(18)12(15)9-17/h5-8,12,17H,9,15H2,1-4H3. The van der Waals surface area contributed by atoms with E-state index in [0.717, 1.165) is 5.69 Å². The number of aliphatic hydroxyl groups is 1. The van der Waals surface area contributed by atoms with Crippen molar-refractivity contribution in [3.8, 4) is 0 Å². The molecule has 1 rings (SSSR count). The van der Waals surface area contributed by atoms with E-state index in [0.29, 0.717) is 0 Å². The minimum atomic E-state index is -0.864. The zero-order valence-corrected chi connectivity index (χ0v) is 11.5. The number of hydrogen-bond donors (Lipinski definition) is 2.